The average molecular weight is 309 g/mol. The van der Waals surface area contributed by atoms with Crippen molar-refractivity contribution in [2.75, 3.05) is 12.4 Å². The first kappa shape index (κ1) is 14.7. The Hall–Kier alpha value is -1.20. The molecule has 1 aromatic heterocycles. The summed E-state index contributed by atoms with van der Waals surface area (Å²) >= 11 is 6.04. The summed E-state index contributed by atoms with van der Waals surface area (Å²) in [7, 11) is 2.23. The van der Waals surface area contributed by atoms with Crippen molar-refractivity contribution < 1.29 is 4.79 Å². The van der Waals surface area contributed by atoms with Crippen LogP contribution in [0.5, 0.6) is 0 Å². The minimum Gasteiger partial charge on any atom is -0.366 e. The Labute approximate surface area is 130 Å². The molecule has 2 unspecified atom stereocenters. The third-order valence-electron chi connectivity index (χ3n) is 4.81. The lowest BCUT2D eigenvalue weighted by molar-refractivity contribution is 0.0607. The van der Waals surface area contributed by atoms with Crippen LogP contribution in [-0.2, 0) is 0 Å². The second-order valence-electron chi connectivity index (χ2n) is 6.16. The Balaban J connectivity index is 1.80. The third kappa shape index (κ3) is 2.90. The Morgan fingerprint density at radius 1 is 1.29 bits per heavy atom. The van der Waals surface area contributed by atoms with Gasteiger partial charge in [0.15, 0.2) is 6.29 Å². The summed E-state index contributed by atoms with van der Waals surface area (Å²) in [6.07, 6.45) is 6.76. The van der Waals surface area contributed by atoms with Crippen LogP contribution in [0.15, 0.2) is 0 Å². The van der Waals surface area contributed by atoms with Gasteiger partial charge in [0.25, 0.3) is 0 Å². The summed E-state index contributed by atoms with van der Waals surface area (Å²) < 4.78 is 0. The summed E-state index contributed by atoms with van der Waals surface area (Å²) in [6, 6.07) is 1.61. The quantitative estimate of drug-likeness (QED) is 0.687. The van der Waals surface area contributed by atoms with Crippen LogP contribution in [0.1, 0.15) is 48.3 Å². The van der Waals surface area contributed by atoms with E-state index in [4.69, 9.17) is 11.6 Å². The van der Waals surface area contributed by atoms with E-state index < -0.39 is 0 Å². The van der Waals surface area contributed by atoms with Crippen molar-refractivity contribution in [3.63, 3.8) is 0 Å². The smallest absolute Gasteiger partial charge is 0.156 e. The molecule has 0 saturated carbocycles. The number of aromatic nitrogens is 2. The van der Waals surface area contributed by atoms with Crippen LogP contribution >= 0.6 is 11.6 Å². The number of fused-ring (bicyclic) bond motifs is 2. The summed E-state index contributed by atoms with van der Waals surface area (Å²) in [4.78, 5) is 22.2. The van der Waals surface area contributed by atoms with Gasteiger partial charge in [0.1, 0.15) is 16.8 Å². The molecule has 0 spiro atoms. The zero-order valence-electron chi connectivity index (χ0n) is 12.5. The van der Waals surface area contributed by atoms with Crippen molar-refractivity contribution in [2.45, 2.75) is 57.2 Å². The highest BCUT2D eigenvalue weighted by atomic mass is 35.5. The van der Waals surface area contributed by atoms with Gasteiger partial charge in [-0.15, -0.1) is 0 Å². The number of rotatable bonds is 3. The number of anilines is 1. The van der Waals surface area contributed by atoms with Gasteiger partial charge >= 0.3 is 0 Å². The maximum absolute atomic E-state index is 11.2. The minimum absolute atomic E-state index is 0.230. The van der Waals surface area contributed by atoms with E-state index in [0.717, 1.165) is 19.1 Å². The van der Waals surface area contributed by atoms with Crippen LogP contribution in [-0.4, -0.2) is 46.3 Å². The second-order valence-corrected chi connectivity index (χ2v) is 6.52. The topological polar surface area (TPSA) is 58.1 Å². The molecule has 2 bridgehead atoms. The van der Waals surface area contributed by atoms with E-state index >= 15 is 0 Å². The number of aryl methyl sites for hydroxylation is 1. The molecule has 1 N–H and O–H groups in total. The van der Waals surface area contributed by atoms with E-state index in [1.54, 1.807) is 6.92 Å². The summed E-state index contributed by atoms with van der Waals surface area (Å²) in [5.74, 6) is 1.16. The van der Waals surface area contributed by atoms with Crippen LogP contribution in [0.2, 0.25) is 5.15 Å². The van der Waals surface area contributed by atoms with Gasteiger partial charge in [0.05, 0.1) is 5.56 Å². The first-order valence-corrected chi connectivity index (χ1v) is 7.94. The zero-order valence-corrected chi connectivity index (χ0v) is 13.2. The molecule has 2 aliphatic heterocycles. The first-order valence-electron chi connectivity index (χ1n) is 7.56. The average Bonchev–Trinajstić information content (AvgIpc) is 2.39. The Morgan fingerprint density at radius 3 is 2.57 bits per heavy atom. The molecule has 0 amide bonds. The number of hydrogen-bond donors (Lipinski definition) is 1. The van der Waals surface area contributed by atoms with Gasteiger partial charge in [-0.1, -0.05) is 18.0 Å². The Bertz CT molecular complexity index is 537. The number of hydrogen-bond acceptors (Lipinski definition) is 5. The lowest BCUT2D eigenvalue weighted by atomic mass is 9.82. The Kier molecular flexibility index (Phi) is 4.13. The number of halogens is 1. The maximum atomic E-state index is 11.2. The molecule has 0 radical (unpaired) electrons. The van der Waals surface area contributed by atoms with E-state index in [1.165, 1.54) is 19.3 Å². The highest BCUT2D eigenvalue weighted by molar-refractivity contribution is 6.32. The summed E-state index contributed by atoms with van der Waals surface area (Å²) in [6.45, 7) is 1.79. The molecule has 2 fully saturated rings. The molecule has 3 heterocycles. The van der Waals surface area contributed by atoms with E-state index in [-0.39, 0.29) is 5.15 Å². The van der Waals surface area contributed by atoms with Crippen LogP contribution < -0.4 is 5.32 Å². The Morgan fingerprint density at radius 2 is 1.95 bits per heavy atom. The van der Waals surface area contributed by atoms with E-state index in [0.29, 0.717) is 35.3 Å². The SMILES string of the molecule is Cc1nc(Cl)c(C=O)c(NC2CC3CCCC(C2)N3C)n1. The van der Waals surface area contributed by atoms with Gasteiger partial charge in [-0.05, 0) is 39.7 Å². The fraction of sp³-hybridized carbons (Fsp3) is 0.667. The molecule has 2 atom stereocenters. The van der Waals surface area contributed by atoms with E-state index in [9.17, 15) is 4.79 Å². The molecule has 0 aliphatic carbocycles. The molecule has 1 aromatic rings. The minimum atomic E-state index is 0.230. The van der Waals surface area contributed by atoms with Gasteiger partial charge in [0, 0.05) is 18.1 Å². The van der Waals surface area contributed by atoms with Gasteiger partial charge < -0.3 is 10.2 Å². The van der Waals surface area contributed by atoms with E-state index in [2.05, 4.69) is 27.2 Å². The van der Waals surface area contributed by atoms with Crippen LogP contribution in [0.4, 0.5) is 5.82 Å². The number of piperidine rings is 2. The molecule has 6 heteroatoms. The normalized spacial score (nSPS) is 29.2. The molecule has 2 aliphatic rings. The molecule has 21 heavy (non-hydrogen) atoms. The van der Waals surface area contributed by atoms with Gasteiger partial charge in [-0.2, -0.15) is 0 Å². The van der Waals surface area contributed by atoms with Crippen LogP contribution in [0, 0.1) is 6.92 Å². The largest absolute Gasteiger partial charge is 0.366 e. The second kappa shape index (κ2) is 5.89. The molecule has 114 valence electrons. The molecular formula is C15H21ClN4O. The first-order chi connectivity index (χ1) is 10.1. The van der Waals surface area contributed by atoms with Crippen LogP contribution in [0.3, 0.4) is 0 Å². The predicted molar refractivity (Wildman–Crippen MR) is 83.0 cm³/mol. The lowest BCUT2D eigenvalue weighted by Crippen LogP contribution is -2.52. The summed E-state index contributed by atoms with van der Waals surface area (Å²) in [5.41, 5.74) is 0.367. The number of carbonyl (C=O) groups is 1. The van der Waals surface area contributed by atoms with Crippen molar-refractivity contribution in [1.29, 1.82) is 0 Å². The fourth-order valence-electron chi connectivity index (χ4n) is 3.69. The monoisotopic (exact) mass is 308 g/mol. The summed E-state index contributed by atoms with van der Waals surface area (Å²) in [5, 5.41) is 3.67. The van der Waals surface area contributed by atoms with Gasteiger partial charge in [-0.25, -0.2) is 9.97 Å². The number of aldehydes is 1. The molecular weight excluding hydrogens is 288 g/mol. The standard InChI is InChI=1S/C15H21ClN4O/c1-9-17-14(16)13(8-21)15(18-9)19-10-6-11-4-3-5-12(7-10)20(11)2/h8,10-12H,3-7H2,1-2H3,(H,17,18,19). The number of nitrogens with zero attached hydrogens (tertiary/aromatic N) is 3. The highest BCUT2D eigenvalue weighted by Crippen LogP contribution is 2.34. The van der Waals surface area contributed by atoms with E-state index in [1.807, 2.05) is 0 Å². The third-order valence-corrected chi connectivity index (χ3v) is 5.10. The lowest BCUT2D eigenvalue weighted by Gasteiger charge is -2.47. The van der Waals surface area contributed by atoms with Gasteiger partial charge in [0.2, 0.25) is 0 Å². The number of carbonyl (C=O) groups excluding carboxylic acids is 1. The van der Waals surface area contributed by atoms with Crippen LogP contribution in [0.25, 0.3) is 0 Å². The molecule has 0 aromatic carbocycles. The van der Waals surface area contributed by atoms with Gasteiger partial charge in [-0.3, -0.25) is 4.79 Å². The van der Waals surface area contributed by atoms with Crippen molar-refractivity contribution in [3.05, 3.63) is 16.5 Å². The van der Waals surface area contributed by atoms with Crippen molar-refractivity contribution in [1.82, 2.24) is 14.9 Å². The highest BCUT2D eigenvalue weighted by Gasteiger charge is 2.36. The number of nitrogens with one attached hydrogen (secondary N) is 1. The molecule has 3 rings (SSSR count). The van der Waals surface area contributed by atoms with Crippen molar-refractivity contribution >= 4 is 23.7 Å². The molecule has 5 nitrogen and oxygen atoms in total. The predicted octanol–water partition coefficient (Wildman–Crippen LogP) is 2.68. The maximum Gasteiger partial charge on any atom is 0.156 e. The zero-order chi connectivity index (χ0) is 15.0. The van der Waals surface area contributed by atoms with Crippen molar-refractivity contribution in [2.24, 2.45) is 0 Å². The fourth-order valence-corrected chi connectivity index (χ4v) is 3.94. The van der Waals surface area contributed by atoms with Crippen molar-refractivity contribution in [3.8, 4) is 0 Å². The molecule has 2 saturated heterocycles.